The second kappa shape index (κ2) is 8.86. The molecule has 2 atom stereocenters. The van der Waals surface area contributed by atoms with Crippen LogP contribution in [0, 0.1) is 5.92 Å². The van der Waals surface area contributed by atoms with E-state index in [0.29, 0.717) is 5.92 Å². The number of hydrogen-bond acceptors (Lipinski definition) is 4. The van der Waals surface area contributed by atoms with Crippen LogP contribution in [0.25, 0.3) is 0 Å². The van der Waals surface area contributed by atoms with E-state index in [2.05, 4.69) is 24.4 Å². The van der Waals surface area contributed by atoms with Gasteiger partial charge in [-0.05, 0) is 70.7 Å². The zero-order valence-corrected chi connectivity index (χ0v) is 16.2. The van der Waals surface area contributed by atoms with Crippen molar-refractivity contribution in [3.05, 3.63) is 22.4 Å². The molecule has 5 heteroatoms. The number of thiophene rings is 1. The SMILES string of the molecule is C[C@H](OCCC[C@H]1CCCN(C(=O)OC(C)(C)C)C1)c1cccs1. The highest BCUT2D eigenvalue weighted by Gasteiger charge is 2.27. The topological polar surface area (TPSA) is 38.8 Å². The highest BCUT2D eigenvalue weighted by Crippen LogP contribution is 2.25. The van der Waals surface area contributed by atoms with Gasteiger partial charge in [-0.2, -0.15) is 0 Å². The van der Waals surface area contributed by atoms with Gasteiger partial charge in [0.25, 0.3) is 0 Å². The summed E-state index contributed by atoms with van der Waals surface area (Å²) in [5, 5.41) is 2.09. The first-order chi connectivity index (χ1) is 11.3. The van der Waals surface area contributed by atoms with Crippen LogP contribution in [0.15, 0.2) is 17.5 Å². The number of piperidine rings is 1. The second-order valence-electron chi connectivity index (χ2n) is 7.61. The van der Waals surface area contributed by atoms with Crippen LogP contribution in [0.3, 0.4) is 0 Å². The molecule has 24 heavy (non-hydrogen) atoms. The van der Waals surface area contributed by atoms with Crippen molar-refractivity contribution < 1.29 is 14.3 Å². The van der Waals surface area contributed by atoms with Crippen LogP contribution in [-0.2, 0) is 9.47 Å². The molecule has 2 heterocycles. The zero-order valence-electron chi connectivity index (χ0n) is 15.4. The third-order valence-electron chi connectivity index (χ3n) is 4.24. The van der Waals surface area contributed by atoms with Crippen molar-refractivity contribution in [2.24, 2.45) is 5.92 Å². The van der Waals surface area contributed by atoms with Gasteiger partial charge in [0.2, 0.25) is 0 Å². The fourth-order valence-electron chi connectivity index (χ4n) is 3.03. The Kier molecular flexibility index (Phi) is 7.11. The van der Waals surface area contributed by atoms with Crippen LogP contribution >= 0.6 is 11.3 Å². The lowest BCUT2D eigenvalue weighted by atomic mass is 9.94. The Morgan fingerprint density at radius 3 is 2.92 bits per heavy atom. The average Bonchev–Trinajstić information content (AvgIpc) is 3.04. The Morgan fingerprint density at radius 2 is 2.25 bits per heavy atom. The minimum atomic E-state index is -0.421. The van der Waals surface area contributed by atoms with Gasteiger partial charge in [-0.15, -0.1) is 11.3 Å². The fraction of sp³-hybridized carbons (Fsp3) is 0.737. The first-order valence-electron chi connectivity index (χ1n) is 8.98. The molecular formula is C19H31NO3S. The van der Waals surface area contributed by atoms with E-state index in [1.807, 2.05) is 25.7 Å². The predicted octanol–water partition coefficient (Wildman–Crippen LogP) is 5.25. The maximum Gasteiger partial charge on any atom is 0.410 e. The summed E-state index contributed by atoms with van der Waals surface area (Å²) in [5.74, 6) is 0.562. The first kappa shape index (κ1) is 19.3. The lowest BCUT2D eigenvalue weighted by Crippen LogP contribution is -2.42. The predicted molar refractivity (Wildman–Crippen MR) is 98.5 cm³/mol. The quantitative estimate of drug-likeness (QED) is 0.655. The molecule has 136 valence electrons. The molecule has 1 aromatic heterocycles. The van der Waals surface area contributed by atoms with Gasteiger partial charge in [-0.1, -0.05) is 6.07 Å². The van der Waals surface area contributed by atoms with Crippen molar-refractivity contribution in [1.29, 1.82) is 0 Å². The molecule has 1 aliphatic heterocycles. The van der Waals surface area contributed by atoms with Crippen molar-refractivity contribution in [2.45, 2.75) is 65.1 Å². The van der Waals surface area contributed by atoms with Gasteiger partial charge in [0.15, 0.2) is 0 Å². The molecular weight excluding hydrogens is 322 g/mol. The molecule has 0 aliphatic carbocycles. The van der Waals surface area contributed by atoms with Gasteiger partial charge in [-0.3, -0.25) is 0 Å². The number of hydrogen-bond donors (Lipinski definition) is 0. The molecule has 4 nitrogen and oxygen atoms in total. The molecule has 0 bridgehead atoms. The van der Waals surface area contributed by atoms with Crippen LogP contribution in [0.5, 0.6) is 0 Å². The van der Waals surface area contributed by atoms with E-state index >= 15 is 0 Å². The summed E-state index contributed by atoms with van der Waals surface area (Å²) >= 11 is 1.74. The minimum absolute atomic E-state index is 0.172. The Morgan fingerprint density at radius 1 is 1.46 bits per heavy atom. The van der Waals surface area contributed by atoms with E-state index in [1.165, 1.54) is 11.3 Å². The molecule has 0 unspecified atom stereocenters. The highest BCUT2D eigenvalue weighted by atomic mass is 32.1. The van der Waals surface area contributed by atoms with E-state index in [0.717, 1.165) is 39.0 Å². The lowest BCUT2D eigenvalue weighted by molar-refractivity contribution is 0.0149. The Hall–Kier alpha value is -1.07. The standard InChI is InChI=1S/C19H31NO3S/c1-15(17-10-7-13-24-17)22-12-6-9-16-8-5-11-20(14-16)18(21)23-19(2,3)4/h7,10,13,15-16H,5-6,8-9,11-12,14H2,1-4H3/t15-,16+/m0/s1. The lowest BCUT2D eigenvalue weighted by Gasteiger charge is -2.34. The normalized spacial score (nSPS) is 20.0. The van der Waals surface area contributed by atoms with Crippen LogP contribution in [-0.4, -0.2) is 36.3 Å². The van der Waals surface area contributed by atoms with E-state index in [9.17, 15) is 4.79 Å². The molecule has 0 N–H and O–H groups in total. The molecule has 0 radical (unpaired) electrons. The summed E-state index contributed by atoms with van der Waals surface area (Å²) in [4.78, 5) is 15.3. The number of amides is 1. The summed E-state index contributed by atoms with van der Waals surface area (Å²) in [7, 11) is 0. The number of carbonyl (C=O) groups is 1. The largest absolute Gasteiger partial charge is 0.444 e. The number of likely N-dealkylation sites (tertiary alicyclic amines) is 1. The van der Waals surface area contributed by atoms with E-state index < -0.39 is 5.60 Å². The van der Waals surface area contributed by atoms with Crippen LogP contribution in [0.2, 0.25) is 0 Å². The summed E-state index contributed by atoms with van der Waals surface area (Å²) in [6.45, 7) is 10.3. The third kappa shape index (κ3) is 6.44. The van der Waals surface area contributed by atoms with Gasteiger partial charge in [0.1, 0.15) is 5.60 Å². The summed E-state index contributed by atoms with van der Waals surface area (Å²) in [6, 6.07) is 4.18. The third-order valence-corrected chi connectivity index (χ3v) is 5.27. The Labute approximate surface area is 150 Å². The Bertz CT molecular complexity index is 495. The molecule has 1 fully saturated rings. The monoisotopic (exact) mass is 353 g/mol. The number of nitrogens with zero attached hydrogens (tertiary/aromatic N) is 1. The van der Waals surface area contributed by atoms with Crippen molar-refractivity contribution in [3.8, 4) is 0 Å². The molecule has 1 saturated heterocycles. The molecule has 0 aromatic carbocycles. The Balaban J connectivity index is 1.66. The van der Waals surface area contributed by atoms with E-state index in [4.69, 9.17) is 9.47 Å². The van der Waals surface area contributed by atoms with Crippen molar-refractivity contribution in [1.82, 2.24) is 4.90 Å². The van der Waals surface area contributed by atoms with Crippen LogP contribution in [0.1, 0.15) is 64.4 Å². The maximum atomic E-state index is 12.2. The van der Waals surface area contributed by atoms with Crippen molar-refractivity contribution in [2.75, 3.05) is 19.7 Å². The molecule has 0 spiro atoms. The summed E-state index contributed by atoms with van der Waals surface area (Å²) in [5.41, 5.74) is -0.421. The molecule has 1 aliphatic rings. The van der Waals surface area contributed by atoms with Gasteiger partial charge in [0.05, 0.1) is 6.10 Å². The molecule has 1 aromatic rings. The minimum Gasteiger partial charge on any atom is -0.444 e. The second-order valence-corrected chi connectivity index (χ2v) is 8.58. The van der Waals surface area contributed by atoms with E-state index in [1.54, 1.807) is 11.3 Å². The molecule has 1 amide bonds. The average molecular weight is 354 g/mol. The zero-order chi connectivity index (χ0) is 17.6. The van der Waals surface area contributed by atoms with E-state index in [-0.39, 0.29) is 12.2 Å². The van der Waals surface area contributed by atoms with Crippen molar-refractivity contribution >= 4 is 17.4 Å². The van der Waals surface area contributed by atoms with Crippen LogP contribution < -0.4 is 0 Å². The van der Waals surface area contributed by atoms with Crippen molar-refractivity contribution in [3.63, 3.8) is 0 Å². The van der Waals surface area contributed by atoms with Gasteiger partial charge in [0, 0.05) is 24.6 Å². The number of ether oxygens (including phenoxy) is 2. The molecule has 2 rings (SSSR count). The van der Waals surface area contributed by atoms with Gasteiger partial charge >= 0.3 is 6.09 Å². The number of carbonyl (C=O) groups excluding carboxylic acids is 1. The smallest absolute Gasteiger partial charge is 0.410 e. The fourth-order valence-corrected chi connectivity index (χ4v) is 3.76. The summed E-state index contributed by atoms with van der Waals surface area (Å²) < 4.78 is 11.4. The van der Waals surface area contributed by atoms with Gasteiger partial charge in [-0.25, -0.2) is 4.79 Å². The maximum absolute atomic E-state index is 12.2. The highest BCUT2D eigenvalue weighted by molar-refractivity contribution is 7.10. The summed E-state index contributed by atoms with van der Waals surface area (Å²) in [6.07, 6.45) is 4.42. The van der Waals surface area contributed by atoms with Gasteiger partial charge < -0.3 is 14.4 Å². The first-order valence-corrected chi connectivity index (χ1v) is 9.86. The number of rotatable bonds is 6. The molecule has 0 saturated carbocycles. The van der Waals surface area contributed by atoms with Crippen LogP contribution in [0.4, 0.5) is 4.79 Å².